The van der Waals surface area contributed by atoms with Crippen molar-refractivity contribution in [1.29, 1.82) is 0 Å². The average molecular weight is 306 g/mol. The highest BCUT2D eigenvalue weighted by atomic mass is 35.5. The number of hydrogen-bond donors (Lipinski definition) is 3. The number of benzene rings is 2. The molecule has 1 unspecified atom stereocenters. The first-order valence-electron chi connectivity index (χ1n) is 6.18. The molecule has 0 bridgehead atoms. The standard InChI is InChI=1S/C15H13Cl2N3/c16-11-2-1-3-12(17)15(11)14-8-13(19-20-14)9-4-6-10(18)7-5-9/h1-8,13,19-20H,18H2. The number of rotatable bonds is 2. The highest BCUT2D eigenvalue weighted by Gasteiger charge is 2.20. The molecule has 3 rings (SSSR count). The van der Waals surface area contributed by atoms with Crippen LogP contribution >= 0.6 is 23.2 Å². The first-order chi connectivity index (χ1) is 9.65. The lowest BCUT2D eigenvalue weighted by atomic mass is 10.1. The summed E-state index contributed by atoms with van der Waals surface area (Å²) in [7, 11) is 0. The number of nitrogens with two attached hydrogens (primary N) is 1. The van der Waals surface area contributed by atoms with Crippen LogP contribution in [0, 0.1) is 0 Å². The van der Waals surface area contributed by atoms with E-state index in [-0.39, 0.29) is 6.04 Å². The van der Waals surface area contributed by atoms with Gasteiger partial charge in [-0.3, -0.25) is 0 Å². The quantitative estimate of drug-likeness (QED) is 0.740. The fourth-order valence-electron chi connectivity index (χ4n) is 2.19. The Morgan fingerprint density at radius 1 is 0.950 bits per heavy atom. The molecule has 0 aliphatic carbocycles. The first-order valence-corrected chi connectivity index (χ1v) is 6.94. The highest BCUT2D eigenvalue weighted by molar-refractivity contribution is 6.37. The molecule has 1 heterocycles. The molecule has 1 aliphatic rings. The van der Waals surface area contributed by atoms with Gasteiger partial charge in [-0.25, -0.2) is 5.43 Å². The van der Waals surface area contributed by atoms with Gasteiger partial charge in [0.2, 0.25) is 0 Å². The summed E-state index contributed by atoms with van der Waals surface area (Å²) in [5.74, 6) is 0. The summed E-state index contributed by atoms with van der Waals surface area (Å²) in [5, 5.41) is 1.24. The Labute approximate surface area is 127 Å². The van der Waals surface area contributed by atoms with Crippen molar-refractivity contribution in [2.45, 2.75) is 6.04 Å². The van der Waals surface area contributed by atoms with Crippen molar-refractivity contribution in [3.05, 3.63) is 69.7 Å². The van der Waals surface area contributed by atoms with E-state index in [0.29, 0.717) is 10.0 Å². The van der Waals surface area contributed by atoms with Crippen LogP contribution in [0.2, 0.25) is 10.0 Å². The van der Waals surface area contributed by atoms with Crippen LogP contribution in [0.4, 0.5) is 5.69 Å². The Hall–Kier alpha value is -1.68. The van der Waals surface area contributed by atoms with E-state index < -0.39 is 0 Å². The van der Waals surface area contributed by atoms with Crippen LogP contribution in [-0.2, 0) is 0 Å². The summed E-state index contributed by atoms with van der Waals surface area (Å²) >= 11 is 12.4. The Morgan fingerprint density at radius 3 is 2.25 bits per heavy atom. The fourth-order valence-corrected chi connectivity index (χ4v) is 2.79. The average Bonchev–Trinajstić information content (AvgIpc) is 2.89. The molecule has 0 fully saturated rings. The third kappa shape index (κ3) is 2.48. The van der Waals surface area contributed by atoms with Gasteiger partial charge in [-0.15, -0.1) is 0 Å². The normalized spacial score (nSPS) is 17.7. The van der Waals surface area contributed by atoms with Crippen LogP contribution in [0.3, 0.4) is 0 Å². The maximum absolute atomic E-state index is 6.21. The summed E-state index contributed by atoms with van der Waals surface area (Å²) in [4.78, 5) is 0. The van der Waals surface area contributed by atoms with Crippen LogP contribution in [-0.4, -0.2) is 0 Å². The summed E-state index contributed by atoms with van der Waals surface area (Å²) in [6.45, 7) is 0. The number of halogens is 2. The Bertz CT molecular complexity index is 645. The molecule has 0 radical (unpaired) electrons. The van der Waals surface area contributed by atoms with E-state index in [1.54, 1.807) is 0 Å². The lowest BCUT2D eigenvalue weighted by molar-refractivity contribution is 0.616. The molecule has 2 aromatic carbocycles. The Balaban J connectivity index is 1.94. The second-order valence-corrected chi connectivity index (χ2v) is 5.41. The van der Waals surface area contributed by atoms with E-state index >= 15 is 0 Å². The highest BCUT2D eigenvalue weighted by Crippen LogP contribution is 2.33. The van der Waals surface area contributed by atoms with Crippen LogP contribution in [0.1, 0.15) is 17.2 Å². The van der Waals surface area contributed by atoms with Gasteiger partial charge < -0.3 is 11.2 Å². The second-order valence-electron chi connectivity index (χ2n) is 4.59. The van der Waals surface area contributed by atoms with Crippen LogP contribution in [0.15, 0.2) is 48.5 Å². The molecule has 0 saturated heterocycles. The summed E-state index contributed by atoms with van der Waals surface area (Å²) in [5.41, 5.74) is 15.6. The van der Waals surface area contributed by atoms with Crippen molar-refractivity contribution >= 4 is 34.6 Å². The van der Waals surface area contributed by atoms with E-state index in [4.69, 9.17) is 28.9 Å². The molecule has 5 heteroatoms. The molecule has 20 heavy (non-hydrogen) atoms. The van der Waals surface area contributed by atoms with Gasteiger partial charge in [0.25, 0.3) is 0 Å². The predicted octanol–water partition coefficient (Wildman–Crippen LogP) is 3.77. The predicted molar refractivity (Wildman–Crippen MR) is 84.3 cm³/mol. The summed E-state index contributed by atoms with van der Waals surface area (Å²) in [6, 6.07) is 13.3. The maximum atomic E-state index is 6.21. The van der Waals surface area contributed by atoms with Gasteiger partial charge in [0.15, 0.2) is 0 Å². The minimum absolute atomic E-state index is 0.0536. The first kappa shape index (κ1) is 13.3. The molecular formula is C15H13Cl2N3. The Morgan fingerprint density at radius 2 is 1.60 bits per heavy atom. The zero-order valence-electron chi connectivity index (χ0n) is 10.5. The van der Waals surface area contributed by atoms with Crippen LogP contribution in [0.5, 0.6) is 0 Å². The van der Waals surface area contributed by atoms with Crippen molar-refractivity contribution in [1.82, 2.24) is 10.9 Å². The van der Waals surface area contributed by atoms with E-state index in [1.165, 1.54) is 0 Å². The van der Waals surface area contributed by atoms with E-state index in [1.807, 2.05) is 42.5 Å². The number of hydrazine groups is 1. The van der Waals surface area contributed by atoms with Gasteiger partial charge in [0, 0.05) is 11.3 Å². The van der Waals surface area contributed by atoms with Gasteiger partial charge in [-0.1, -0.05) is 41.4 Å². The summed E-state index contributed by atoms with van der Waals surface area (Å²) < 4.78 is 0. The lowest BCUT2D eigenvalue weighted by Crippen LogP contribution is -2.26. The zero-order valence-corrected chi connectivity index (χ0v) is 12.0. The van der Waals surface area contributed by atoms with Crippen LogP contribution < -0.4 is 16.6 Å². The van der Waals surface area contributed by atoms with E-state index in [0.717, 1.165) is 22.5 Å². The monoisotopic (exact) mass is 305 g/mol. The van der Waals surface area contributed by atoms with Gasteiger partial charge in [-0.05, 0) is 35.9 Å². The fraction of sp³-hybridized carbons (Fsp3) is 0.0667. The summed E-state index contributed by atoms with van der Waals surface area (Å²) in [6.07, 6.45) is 2.05. The van der Waals surface area contributed by atoms with Crippen molar-refractivity contribution in [2.24, 2.45) is 0 Å². The molecular weight excluding hydrogens is 293 g/mol. The molecule has 102 valence electrons. The minimum Gasteiger partial charge on any atom is -0.399 e. The van der Waals surface area contributed by atoms with Crippen molar-refractivity contribution in [3.63, 3.8) is 0 Å². The lowest BCUT2D eigenvalue weighted by Gasteiger charge is -2.10. The smallest absolute Gasteiger partial charge is 0.0714 e. The van der Waals surface area contributed by atoms with Gasteiger partial charge in [0.05, 0.1) is 21.8 Å². The van der Waals surface area contributed by atoms with Crippen molar-refractivity contribution < 1.29 is 0 Å². The largest absolute Gasteiger partial charge is 0.399 e. The minimum atomic E-state index is 0.0536. The third-order valence-corrected chi connectivity index (χ3v) is 3.85. The van der Waals surface area contributed by atoms with E-state index in [2.05, 4.69) is 16.9 Å². The van der Waals surface area contributed by atoms with Gasteiger partial charge in [0.1, 0.15) is 0 Å². The number of anilines is 1. The van der Waals surface area contributed by atoms with Crippen molar-refractivity contribution in [2.75, 3.05) is 5.73 Å². The molecule has 0 spiro atoms. The van der Waals surface area contributed by atoms with E-state index in [9.17, 15) is 0 Å². The van der Waals surface area contributed by atoms with Crippen molar-refractivity contribution in [3.8, 4) is 0 Å². The number of nitrogen functional groups attached to an aromatic ring is 1. The molecule has 0 aromatic heterocycles. The second kappa shape index (κ2) is 5.37. The number of hydrogen-bond acceptors (Lipinski definition) is 3. The molecule has 0 amide bonds. The molecule has 1 aliphatic heterocycles. The Kier molecular flexibility index (Phi) is 3.57. The van der Waals surface area contributed by atoms with Gasteiger partial charge in [-0.2, -0.15) is 0 Å². The van der Waals surface area contributed by atoms with Gasteiger partial charge >= 0.3 is 0 Å². The molecule has 4 N–H and O–H groups in total. The topological polar surface area (TPSA) is 50.1 Å². The zero-order chi connectivity index (χ0) is 14.1. The number of nitrogens with one attached hydrogen (secondary N) is 2. The molecule has 3 nitrogen and oxygen atoms in total. The third-order valence-electron chi connectivity index (χ3n) is 3.22. The molecule has 1 atom stereocenters. The molecule has 2 aromatic rings. The SMILES string of the molecule is Nc1ccc(C2C=C(c3c(Cl)cccc3Cl)NN2)cc1. The molecule has 0 saturated carbocycles. The maximum Gasteiger partial charge on any atom is 0.0714 e. The van der Waals surface area contributed by atoms with Crippen LogP contribution in [0.25, 0.3) is 5.70 Å².